The SMILES string of the molecule is N#Cc1ccnc(N2CCN(C(=O)CCC3CCNCC3)CC2)c1. The number of pyridine rings is 1. The molecule has 1 aromatic heterocycles. The van der Waals surface area contributed by atoms with Crippen LogP contribution >= 0.6 is 0 Å². The summed E-state index contributed by atoms with van der Waals surface area (Å²) in [5.41, 5.74) is 0.625. The van der Waals surface area contributed by atoms with Crippen LogP contribution in [0.4, 0.5) is 5.82 Å². The van der Waals surface area contributed by atoms with Gasteiger partial charge in [0, 0.05) is 38.8 Å². The van der Waals surface area contributed by atoms with Crippen LogP contribution in [0.1, 0.15) is 31.2 Å². The van der Waals surface area contributed by atoms with E-state index in [0.29, 0.717) is 17.9 Å². The highest BCUT2D eigenvalue weighted by molar-refractivity contribution is 5.76. The van der Waals surface area contributed by atoms with E-state index in [1.165, 1.54) is 12.8 Å². The Kier molecular flexibility index (Phi) is 5.65. The topological polar surface area (TPSA) is 72.3 Å². The summed E-state index contributed by atoms with van der Waals surface area (Å²) in [6.45, 7) is 5.22. The molecule has 6 nitrogen and oxygen atoms in total. The molecule has 2 saturated heterocycles. The molecule has 2 aliphatic heterocycles. The number of nitriles is 1. The fourth-order valence-corrected chi connectivity index (χ4v) is 3.50. The van der Waals surface area contributed by atoms with E-state index in [9.17, 15) is 4.79 Å². The van der Waals surface area contributed by atoms with Gasteiger partial charge in [-0.05, 0) is 50.4 Å². The summed E-state index contributed by atoms with van der Waals surface area (Å²) in [4.78, 5) is 20.9. The van der Waals surface area contributed by atoms with Crippen molar-refractivity contribution in [1.29, 1.82) is 5.26 Å². The van der Waals surface area contributed by atoms with Gasteiger partial charge in [0.1, 0.15) is 5.82 Å². The van der Waals surface area contributed by atoms with Gasteiger partial charge in [-0.3, -0.25) is 4.79 Å². The van der Waals surface area contributed by atoms with Gasteiger partial charge in [0.15, 0.2) is 0 Å². The number of piperazine rings is 1. The van der Waals surface area contributed by atoms with E-state index >= 15 is 0 Å². The van der Waals surface area contributed by atoms with Crippen LogP contribution in [0, 0.1) is 17.2 Å². The number of carbonyl (C=O) groups excluding carboxylic acids is 1. The van der Waals surface area contributed by atoms with Crippen molar-refractivity contribution in [2.75, 3.05) is 44.2 Å². The first-order valence-electron chi connectivity index (χ1n) is 8.86. The zero-order valence-corrected chi connectivity index (χ0v) is 14.1. The van der Waals surface area contributed by atoms with Gasteiger partial charge in [-0.2, -0.15) is 5.26 Å². The molecule has 3 rings (SSSR count). The summed E-state index contributed by atoms with van der Waals surface area (Å²) in [7, 11) is 0. The average Bonchev–Trinajstić information content (AvgIpc) is 2.67. The van der Waals surface area contributed by atoms with Crippen LogP contribution in [0.3, 0.4) is 0 Å². The van der Waals surface area contributed by atoms with E-state index in [2.05, 4.69) is 21.3 Å². The lowest BCUT2D eigenvalue weighted by Gasteiger charge is -2.35. The highest BCUT2D eigenvalue weighted by Crippen LogP contribution is 2.19. The van der Waals surface area contributed by atoms with Crippen molar-refractivity contribution in [2.45, 2.75) is 25.7 Å². The van der Waals surface area contributed by atoms with Gasteiger partial charge >= 0.3 is 0 Å². The molecule has 1 N–H and O–H groups in total. The molecular formula is C18H25N5O. The molecular weight excluding hydrogens is 302 g/mol. The minimum absolute atomic E-state index is 0.284. The van der Waals surface area contributed by atoms with E-state index in [1.54, 1.807) is 12.3 Å². The van der Waals surface area contributed by atoms with Crippen molar-refractivity contribution in [3.8, 4) is 6.07 Å². The number of hydrogen-bond acceptors (Lipinski definition) is 5. The van der Waals surface area contributed by atoms with Crippen molar-refractivity contribution in [2.24, 2.45) is 5.92 Å². The molecule has 2 aliphatic rings. The summed E-state index contributed by atoms with van der Waals surface area (Å²) in [5, 5.41) is 12.4. The average molecular weight is 327 g/mol. The third-order valence-corrected chi connectivity index (χ3v) is 5.06. The van der Waals surface area contributed by atoms with E-state index < -0.39 is 0 Å². The monoisotopic (exact) mass is 327 g/mol. The third-order valence-electron chi connectivity index (χ3n) is 5.06. The Labute approximate surface area is 143 Å². The van der Waals surface area contributed by atoms with Crippen LogP contribution in [0.15, 0.2) is 18.3 Å². The number of piperidine rings is 1. The fraction of sp³-hybridized carbons (Fsp3) is 0.611. The summed E-state index contributed by atoms with van der Waals surface area (Å²) in [6, 6.07) is 5.67. The van der Waals surface area contributed by atoms with Crippen molar-refractivity contribution in [1.82, 2.24) is 15.2 Å². The van der Waals surface area contributed by atoms with Crippen LogP contribution < -0.4 is 10.2 Å². The lowest BCUT2D eigenvalue weighted by atomic mass is 9.93. The van der Waals surface area contributed by atoms with Crippen LogP contribution in [0.5, 0.6) is 0 Å². The maximum atomic E-state index is 12.4. The zero-order chi connectivity index (χ0) is 16.8. The highest BCUT2D eigenvalue weighted by Gasteiger charge is 2.23. The number of rotatable bonds is 4. The number of aromatic nitrogens is 1. The molecule has 128 valence electrons. The smallest absolute Gasteiger partial charge is 0.222 e. The first-order valence-corrected chi connectivity index (χ1v) is 8.86. The van der Waals surface area contributed by atoms with Crippen LogP contribution in [-0.2, 0) is 4.79 Å². The second-order valence-corrected chi connectivity index (χ2v) is 6.61. The number of anilines is 1. The molecule has 1 amide bonds. The Morgan fingerprint density at radius 3 is 2.75 bits per heavy atom. The van der Waals surface area contributed by atoms with Crippen molar-refractivity contribution in [3.63, 3.8) is 0 Å². The molecule has 0 unspecified atom stereocenters. The molecule has 0 spiro atoms. The van der Waals surface area contributed by atoms with Gasteiger partial charge in [-0.1, -0.05) is 0 Å². The molecule has 3 heterocycles. The van der Waals surface area contributed by atoms with Gasteiger partial charge in [0.25, 0.3) is 0 Å². The van der Waals surface area contributed by atoms with Crippen molar-refractivity contribution < 1.29 is 4.79 Å². The molecule has 0 aliphatic carbocycles. The van der Waals surface area contributed by atoms with Crippen LogP contribution in [0.2, 0.25) is 0 Å². The van der Waals surface area contributed by atoms with E-state index in [1.807, 2.05) is 11.0 Å². The highest BCUT2D eigenvalue weighted by atomic mass is 16.2. The minimum Gasteiger partial charge on any atom is -0.353 e. The number of nitrogens with one attached hydrogen (secondary N) is 1. The van der Waals surface area contributed by atoms with E-state index in [0.717, 1.165) is 51.5 Å². The predicted molar refractivity (Wildman–Crippen MR) is 92.6 cm³/mol. The fourth-order valence-electron chi connectivity index (χ4n) is 3.50. The molecule has 2 fully saturated rings. The third kappa shape index (κ3) is 4.24. The van der Waals surface area contributed by atoms with Gasteiger partial charge in [0.05, 0.1) is 11.6 Å². The van der Waals surface area contributed by atoms with Crippen LogP contribution in [0.25, 0.3) is 0 Å². The zero-order valence-electron chi connectivity index (χ0n) is 14.1. The molecule has 0 atom stereocenters. The van der Waals surface area contributed by atoms with Gasteiger partial charge in [-0.15, -0.1) is 0 Å². The molecule has 6 heteroatoms. The Balaban J connectivity index is 1.45. The van der Waals surface area contributed by atoms with Crippen molar-refractivity contribution >= 4 is 11.7 Å². The molecule has 24 heavy (non-hydrogen) atoms. The van der Waals surface area contributed by atoms with Gasteiger partial charge in [0.2, 0.25) is 5.91 Å². The number of amides is 1. The Morgan fingerprint density at radius 1 is 1.29 bits per heavy atom. The minimum atomic E-state index is 0.284. The van der Waals surface area contributed by atoms with Crippen LogP contribution in [-0.4, -0.2) is 55.1 Å². The largest absolute Gasteiger partial charge is 0.353 e. The first-order chi connectivity index (χ1) is 11.8. The summed E-state index contributed by atoms with van der Waals surface area (Å²) >= 11 is 0. The maximum Gasteiger partial charge on any atom is 0.222 e. The number of nitrogens with zero attached hydrogens (tertiary/aromatic N) is 4. The molecule has 1 aromatic rings. The second kappa shape index (κ2) is 8.11. The summed E-state index contributed by atoms with van der Waals surface area (Å²) in [5.74, 6) is 1.82. The second-order valence-electron chi connectivity index (χ2n) is 6.61. The van der Waals surface area contributed by atoms with E-state index in [4.69, 9.17) is 5.26 Å². The molecule has 0 radical (unpaired) electrons. The normalized spacial score (nSPS) is 19.1. The lowest BCUT2D eigenvalue weighted by molar-refractivity contribution is -0.131. The quantitative estimate of drug-likeness (QED) is 0.904. The first kappa shape index (κ1) is 16.7. The van der Waals surface area contributed by atoms with Gasteiger partial charge < -0.3 is 15.1 Å². The van der Waals surface area contributed by atoms with E-state index in [-0.39, 0.29) is 5.91 Å². The Bertz CT molecular complexity index is 598. The Morgan fingerprint density at radius 2 is 2.04 bits per heavy atom. The van der Waals surface area contributed by atoms with Gasteiger partial charge in [-0.25, -0.2) is 4.98 Å². The lowest BCUT2D eigenvalue weighted by Crippen LogP contribution is -2.49. The summed E-state index contributed by atoms with van der Waals surface area (Å²) in [6.07, 6.45) is 5.76. The molecule has 0 saturated carbocycles. The standard InChI is InChI=1S/C18H25N5O/c19-14-16-5-8-21-17(13-16)22-9-11-23(12-10-22)18(24)2-1-15-3-6-20-7-4-15/h5,8,13,15,20H,1-4,6-7,9-12H2. The summed E-state index contributed by atoms with van der Waals surface area (Å²) < 4.78 is 0. The molecule has 0 aromatic carbocycles. The van der Waals surface area contributed by atoms with Crippen molar-refractivity contribution in [3.05, 3.63) is 23.9 Å². The number of hydrogen-bond donors (Lipinski definition) is 1. The maximum absolute atomic E-state index is 12.4. The predicted octanol–water partition coefficient (Wildman–Crippen LogP) is 1.38. The molecule has 0 bridgehead atoms. The Hall–Kier alpha value is -2.13. The number of carbonyl (C=O) groups is 1.